The number of hydrogen-bond donors (Lipinski definition) is 2. The van der Waals surface area contributed by atoms with Crippen LogP contribution < -0.4 is 15.5 Å². The molecule has 2 aliphatic rings. The molecule has 7 nitrogen and oxygen atoms in total. The maximum Gasteiger partial charge on any atom is 0.418 e. The molecule has 0 saturated heterocycles. The van der Waals surface area contributed by atoms with Gasteiger partial charge in [-0.05, 0) is 62.2 Å². The first kappa shape index (κ1) is 26.1. The molecule has 2 amide bonds. The number of halogens is 3. The third-order valence-electron chi connectivity index (χ3n) is 6.94. The highest BCUT2D eigenvalue weighted by molar-refractivity contribution is 6.01. The molecule has 4 rings (SSSR count). The molecule has 1 aromatic heterocycles. The van der Waals surface area contributed by atoms with Crippen molar-refractivity contribution in [1.29, 1.82) is 0 Å². The minimum atomic E-state index is -4.58. The van der Waals surface area contributed by atoms with Gasteiger partial charge in [0.2, 0.25) is 11.8 Å². The summed E-state index contributed by atoms with van der Waals surface area (Å²) in [6.07, 6.45) is -0.00468. The first-order chi connectivity index (χ1) is 17.3. The Balaban J connectivity index is 1.63. The molecule has 0 atom stereocenters. The van der Waals surface area contributed by atoms with E-state index >= 15 is 0 Å². The Hall–Kier alpha value is -2.98. The molecule has 1 fully saturated rings. The SMILES string of the molecule is CNCCN(Cc1ncccc1C(F)(F)F)C(=O)CN(C(=O)C1CCC1)c1cccc2c1CCNC2. The summed E-state index contributed by atoms with van der Waals surface area (Å²) >= 11 is 0. The van der Waals surface area contributed by atoms with E-state index in [1.165, 1.54) is 17.2 Å². The van der Waals surface area contributed by atoms with Crippen molar-refractivity contribution in [2.24, 2.45) is 5.92 Å². The van der Waals surface area contributed by atoms with Crippen molar-refractivity contribution < 1.29 is 22.8 Å². The predicted molar refractivity (Wildman–Crippen MR) is 130 cm³/mol. The molecule has 2 heterocycles. The second-order valence-corrected chi connectivity index (χ2v) is 9.31. The molecule has 0 radical (unpaired) electrons. The van der Waals surface area contributed by atoms with E-state index in [0.717, 1.165) is 55.1 Å². The van der Waals surface area contributed by atoms with Crippen molar-refractivity contribution in [3.63, 3.8) is 0 Å². The lowest BCUT2D eigenvalue weighted by atomic mass is 9.84. The Bertz CT molecular complexity index is 1090. The number of fused-ring (bicyclic) bond motifs is 1. The lowest BCUT2D eigenvalue weighted by Gasteiger charge is -2.35. The fraction of sp³-hybridized carbons (Fsp3) is 0.500. The number of alkyl halides is 3. The Morgan fingerprint density at radius 3 is 2.69 bits per heavy atom. The number of benzene rings is 1. The maximum atomic E-state index is 13.6. The van der Waals surface area contributed by atoms with Crippen LogP contribution in [0.5, 0.6) is 0 Å². The second kappa shape index (κ2) is 11.4. The van der Waals surface area contributed by atoms with Crippen molar-refractivity contribution in [1.82, 2.24) is 20.5 Å². The van der Waals surface area contributed by atoms with Gasteiger partial charge in [0.15, 0.2) is 0 Å². The van der Waals surface area contributed by atoms with Crippen LogP contribution in [-0.2, 0) is 35.3 Å². The fourth-order valence-corrected chi connectivity index (χ4v) is 4.70. The second-order valence-electron chi connectivity index (χ2n) is 9.31. The van der Waals surface area contributed by atoms with Gasteiger partial charge in [0.25, 0.3) is 0 Å². The van der Waals surface area contributed by atoms with Gasteiger partial charge in [-0.25, -0.2) is 0 Å². The van der Waals surface area contributed by atoms with E-state index in [4.69, 9.17) is 0 Å². The molecule has 10 heteroatoms. The minimum Gasteiger partial charge on any atom is -0.334 e. The molecule has 194 valence electrons. The van der Waals surface area contributed by atoms with Crippen LogP contribution in [0.3, 0.4) is 0 Å². The topological polar surface area (TPSA) is 77.6 Å². The van der Waals surface area contributed by atoms with Gasteiger partial charge in [-0.3, -0.25) is 14.6 Å². The number of anilines is 1. The highest BCUT2D eigenvalue weighted by Gasteiger charge is 2.36. The molecule has 1 aliphatic heterocycles. The van der Waals surface area contributed by atoms with Gasteiger partial charge >= 0.3 is 6.18 Å². The molecule has 1 aliphatic carbocycles. The summed E-state index contributed by atoms with van der Waals surface area (Å²) in [5.74, 6) is -0.638. The van der Waals surface area contributed by atoms with Gasteiger partial charge in [-0.2, -0.15) is 13.2 Å². The van der Waals surface area contributed by atoms with E-state index in [1.807, 2.05) is 18.2 Å². The molecular weight excluding hydrogens is 471 g/mol. The number of nitrogens with one attached hydrogen (secondary N) is 2. The molecule has 0 unspecified atom stereocenters. The van der Waals surface area contributed by atoms with Crippen LogP contribution in [0.25, 0.3) is 0 Å². The summed E-state index contributed by atoms with van der Waals surface area (Å²) in [7, 11) is 1.71. The van der Waals surface area contributed by atoms with Gasteiger partial charge in [-0.15, -0.1) is 0 Å². The molecule has 2 N–H and O–H groups in total. The Labute approximate surface area is 209 Å². The number of pyridine rings is 1. The molecule has 36 heavy (non-hydrogen) atoms. The number of nitrogens with zero attached hydrogens (tertiary/aromatic N) is 3. The summed E-state index contributed by atoms with van der Waals surface area (Å²) in [4.78, 5) is 33.9. The van der Waals surface area contributed by atoms with E-state index < -0.39 is 17.6 Å². The third kappa shape index (κ3) is 5.87. The predicted octanol–water partition coefficient (Wildman–Crippen LogP) is 3.13. The Morgan fingerprint density at radius 1 is 1.19 bits per heavy atom. The van der Waals surface area contributed by atoms with Gasteiger partial charge in [0, 0.05) is 37.4 Å². The normalized spacial score (nSPS) is 15.7. The zero-order valence-corrected chi connectivity index (χ0v) is 20.4. The Kier molecular flexibility index (Phi) is 8.25. The fourth-order valence-electron chi connectivity index (χ4n) is 4.70. The minimum absolute atomic E-state index is 0.0936. The smallest absolute Gasteiger partial charge is 0.334 e. The van der Waals surface area contributed by atoms with E-state index in [-0.39, 0.29) is 37.2 Å². The van der Waals surface area contributed by atoms with Gasteiger partial charge in [-0.1, -0.05) is 18.6 Å². The third-order valence-corrected chi connectivity index (χ3v) is 6.94. The van der Waals surface area contributed by atoms with Crippen LogP contribution in [0.1, 0.15) is 41.6 Å². The van der Waals surface area contributed by atoms with Crippen LogP contribution in [0, 0.1) is 5.92 Å². The van der Waals surface area contributed by atoms with Crippen LogP contribution in [0.4, 0.5) is 18.9 Å². The lowest BCUT2D eigenvalue weighted by Crippen LogP contribution is -2.48. The van der Waals surface area contributed by atoms with E-state index in [9.17, 15) is 22.8 Å². The molecule has 1 aromatic carbocycles. The van der Waals surface area contributed by atoms with Gasteiger partial charge < -0.3 is 20.4 Å². The van der Waals surface area contributed by atoms with E-state index in [1.54, 1.807) is 11.9 Å². The summed E-state index contributed by atoms with van der Waals surface area (Å²) in [5.41, 5.74) is 1.78. The quantitative estimate of drug-likeness (QED) is 0.550. The molecule has 0 spiro atoms. The summed E-state index contributed by atoms with van der Waals surface area (Å²) in [5, 5.41) is 6.27. The van der Waals surface area contributed by atoms with Crippen LogP contribution >= 0.6 is 0 Å². The van der Waals surface area contributed by atoms with Crippen molar-refractivity contribution in [2.75, 3.05) is 38.1 Å². The van der Waals surface area contributed by atoms with Crippen molar-refractivity contribution in [2.45, 2.75) is 44.9 Å². The number of carbonyl (C=O) groups excluding carboxylic acids is 2. The first-order valence-corrected chi connectivity index (χ1v) is 12.4. The van der Waals surface area contributed by atoms with E-state index in [2.05, 4.69) is 15.6 Å². The monoisotopic (exact) mass is 503 g/mol. The zero-order valence-electron chi connectivity index (χ0n) is 20.4. The number of carbonyl (C=O) groups is 2. The van der Waals surface area contributed by atoms with Crippen LogP contribution in [0.15, 0.2) is 36.5 Å². The Morgan fingerprint density at radius 2 is 2.00 bits per heavy atom. The highest BCUT2D eigenvalue weighted by Crippen LogP contribution is 2.34. The number of amides is 2. The number of rotatable bonds is 9. The van der Waals surface area contributed by atoms with Gasteiger partial charge in [0.1, 0.15) is 6.54 Å². The molecule has 0 bridgehead atoms. The highest BCUT2D eigenvalue weighted by atomic mass is 19.4. The summed E-state index contributed by atoms with van der Waals surface area (Å²) in [6, 6.07) is 7.97. The van der Waals surface area contributed by atoms with Crippen molar-refractivity contribution in [3.05, 3.63) is 58.9 Å². The van der Waals surface area contributed by atoms with E-state index in [0.29, 0.717) is 13.1 Å². The zero-order chi connectivity index (χ0) is 25.7. The summed E-state index contributed by atoms with van der Waals surface area (Å²) < 4.78 is 40.7. The largest absolute Gasteiger partial charge is 0.418 e. The lowest BCUT2D eigenvalue weighted by molar-refractivity contribution is -0.140. The number of hydrogen-bond acceptors (Lipinski definition) is 5. The molecule has 1 saturated carbocycles. The average molecular weight is 504 g/mol. The number of aromatic nitrogens is 1. The van der Waals surface area contributed by atoms with Gasteiger partial charge in [0.05, 0.1) is 17.8 Å². The molecular formula is C26H32F3N5O2. The first-order valence-electron chi connectivity index (χ1n) is 12.4. The summed E-state index contributed by atoms with van der Waals surface area (Å²) in [6.45, 7) is 1.53. The number of likely N-dealkylation sites (N-methyl/N-ethyl adjacent to an activating group) is 1. The average Bonchev–Trinajstić information content (AvgIpc) is 2.83. The van der Waals surface area contributed by atoms with Crippen molar-refractivity contribution >= 4 is 17.5 Å². The van der Waals surface area contributed by atoms with Crippen LogP contribution in [0.2, 0.25) is 0 Å². The van der Waals surface area contributed by atoms with Crippen molar-refractivity contribution in [3.8, 4) is 0 Å². The standard InChI is InChI=1S/C26H32F3N5O2/c1-30-13-14-33(16-22-21(26(27,28)29)8-4-11-32-22)24(35)17-34(25(36)18-5-2-6-18)23-9-3-7-19-15-31-12-10-20(19)23/h3-4,7-9,11,18,30-31H,2,5-6,10,12-17H2,1H3. The maximum absolute atomic E-state index is 13.6. The van der Waals surface area contributed by atoms with Crippen LogP contribution in [-0.4, -0.2) is 54.9 Å². The molecule has 2 aromatic rings.